The van der Waals surface area contributed by atoms with Gasteiger partial charge in [0.25, 0.3) is 0 Å². The number of likely N-dealkylation sites (N-methyl/N-ethyl adjacent to an activating group) is 2. The molecule has 0 aromatic carbocycles. The van der Waals surface area contributed by atoms with Crippen LogP contribution in [0.2, 0.25) is 0 Å². The molecular weight excluding hydrogens is 232 g/mol. The maximum absolute atomic E-state index is 9.89. The molecule has 0 saturated heterocycles. The Kier molecular flexibility index (Phi) is 10.9. The monoisotopic (exact) mass is 260 g/mol. The van der Waals surface area contributed by atoms with E-state index in [0.717, 1.165) is 18.7 Å². The number of hydrogen-bond acceptors (Lipinski definition) is 4. The van der Waals surface area contributed by atoms with Crippen molar-refractivity contribution in [1.82, 2.24) is 4.90 Å². The first kappa shape index (κ1) is 19.4. The summed E-state index contributed by atoms with van der Waals surface area (Å²) in [7, 11) is 9.47. The maximum atomic E-state index is 9.89. The van der Waals surface area contributed by atoms with Crippen molar-refractivity contribution in [2.75, 3.05) is 61.5 Å². The van der Waals surface area contributed by atoms with E-state index < -0.39 is 5.97 Å². The molecule has 0 rings (SSSR count). The minimum absolute atomic E-state index is 0.0694. The molecule has 0 radical (unpaired) electrons. The number of aliphatic carboxylic acids is 1. The van der Waals surface area contributed by atoms with Crippen LogP contribution in [0.15, 0.2) is 12.2 Å². The SMILES string of the molecule is C=C(C)COCCN(C)C.C[N+](C)(C)CC(=O)[O-]. The normalized spacial score (nSPS) is 10.8. The largest absolute Gasteiger partial charge is 0.544 e. The number of carboxylic acids is 1. The van der Waals surface area contributed by atoms with E-state index in [1.165, 1.54) is 0 Å². The van der Waals surface area contributed by atoms with Gasteiger partial charge in [0.1, 0.15) is 6.54 Å². The molecule has 0 amide bonds. The quantitative estimate of drug-likeness (QED) is 0.354. The van der Waals surface area contributed by atoms with Crippen LogP contribution in [0.3, 0.4) is 0 Å². The number of carbonyl (C=O) groups is 1. The summed E-state index contributed by atoms with van der Waals surface area (Å²) in [5, 5.41) is 9.89. The lowest BCUT2D eigenvalue weighted by Gasteiger charge is -2.23. The van der Waals surface area contributed by atoms with Crippen LogP contribution < -0.4 is 5.11 Å². The summed E-state index contributed by atoms with van der Waals surface area (Å²) in [4.78, 5) is 12.0. The standard InChI is InChI=1S/C8H17NO.C5H11NO2/c1-8(2)7-10-6-5-9(3)4;1-6(2,3)4-5(7)8/h1,5-7H2,2-4H3;4H2,1-3H3. The van der Waals surface area contributed by atoms with E-state index in [1.807, 2.05) is 21.0 Å². The molecule has 0 unspecified atom stereocenters. The molecule has 18 heavy (non-hydrogen) atoms. The first-order valence-corrected chi connectivity index (χ1v) is 5.91. The Balaban J connectivity index is 0. The van der Waals surface area contributed by atoms with Gasteiger partial charge in [-0.15, -0.1) is 0 Å². The van der Waals surface area contributed by atoms with Crippen molar-refractivity contribution in [3.63, 3.8) is 0 Å². The molecular formula is C13H28N2O3. The molecule has 0 aromatic heterocycles. The summed E-state index contributed by atoms with van der Waals surface area (Å²) in [5.41, 5.74) is 1.08. The molecule has 0 aliphatic carbocycles. The van der Waals surface area contributed by atoms with E-state index in [0.29, 0.717) is 11.1 Å². The fourth-order valence-corrected chi connectivity index (χ4v) is 0.881. The number of rotatable bonds is 7. The second-order valence-electron chi connectivity index (χ2n) is 5.63. The van der Waals surface area contributed by atoms with Crippen molar-refractivity contribution in [1.29, 1.82) is 0 Å². The Bertz CT molecular complexity index is 245. The first-order valence-electron chi connectivity index (χ1n) is 5.91. The van der Waals surface area contributed by atoms with Crippen molar-refractivity contribution < 1.29 is 19.1 Å². The highest BCUT2D eigenvalue weighted by Crippen LogP contribution is 1.87. The van der Waals surface area contributed by atoms with E-state index in [4.69, 9.17) is 4.74 Å². The van der Waals surface area contributed by atoms with Crippen LogP contribution in [0.5, 0.6) is 0 Å². The number of nitrogens with zero attached hydrogens (tertiary/aromatic N) is 2. The highest BCUT2D eigenvalue weighted by Gasteiger charge is 2.04. The van der Waals surface area contributed by atoms with Crippen LogP contribution >= 0.6 is 0 Å². The van der Waals surface area contributed by atoms with Crippen LogP contribution in [0, 0.1) is 0 Å². The zero-order chi connectivity index (χ0) is 14.8. The van der Waals surface area contributed by atoms with Crippen molar-refractivity contribution in [2.24, 2.45) is 0 Å². The van der Waals surface area contributed by atoms with Gasteiger partial charge < -0.3 is 24.0 Å². The maximum Gasteiger partial charge on any atom is 0.118 e. The Morgan fingerprint density at radius 1 is 1.33 bits per heavy atom. The van der Waals surface area contributed by atoms with E-state index in [2.05, 4.69) is 11.5 Å². The summed E-state index contributed by atoms with van der Waals surface area (Å²) < 4.78 is 5.68. The number of hydrogen-bond donors (Lipinski definition) is 0. The smallest absolute Gasteiger partial charge is 0.118 e. The molecule has 0 bridgehead atoms. The highest BCUT2D eigenvalue weighted by atomic mass is 16.5. The average molecular weight is 260 g/mol. The lowest BCUT2D eigenvalue weighted by Crippen LogP contribution is -2.45. The molecule has 0 heterocycles. The molecule has 108 valence electrons. The van der Waals surface area contributed by atoms with E-state index in [1.54, 1.807) is 21.1 Å². The zero-order valence-electron chi connectivity index (χ0n) is 12.7. The van der Waals surface area contributed by atoms with Gasteiger partial charge in [0.15, 0.2) is 0 Å². The summed E-state index contributed by atoms with van der Waals surface area (Å²) in [6.45, 7) is 8.23. The van der Waals surface area contributed by atoms with Gasteiger partial charge in [-0.3, -0.25) is 0 Å². The summed E-state index contributed by atoms with van der Waals surface area (Å²) in [6.07, 6.45) is 0. The Hall–Kier alpha value is -0.910. The van der Waals surface area contributed by atoms with Gasteiger partial charge in [0.05, 0.1) is 40.3 Å². The van der Waals surface area contributed by atoms with E-state index in [-0.39, 0.29) is 6.54 Å². The second kappa shape index (κ2) is 10.1. The van der Waals surface area contributed by atoms with Crippen molar-refractivity contribution >= 4 is 5.97 Å². The van der Waals surface area contributed by atoms with Crippen LogP contribution in [-0.2, 0) is 9.53 Å². The Morgan fingerprint density at radius 2 is 1.83 bits per heavy atom. The predicted molar refractivity (Wildman–Crippen MR) is 72.1 cm³/mol. The van der Waals surface area contributed by atoms with Gasteiger partial charge in [-0.25, -0.2) is 0 Å². The average Bonchev–Trinajstić information content (AvgIpc) is 2.08. The van der Waals surface area contributed by atoms with Crippen LogP contribution in [0.1, 0.15) is 6.92 Å². The molecule has 0 aliphatic rings. The molecule has 5 heteroatoms. The summed E-state index contributed by atoms with van der Waals surface area (Å²) in [6, 6.07) is 0. The number of carbonyl (C=O) groups excluding carboxylic acids is 1. The third-order valence-electron chi connectivity index (χ3n) is 1.63. The molecule has 0 saturated carbocycles. The lowest BCUT2D eigenvalue weighted by molar-refractivity contribution is -0.864. The van der Waals surface area contributed by atoms with Gasteiger partial charge in [-0.1, -0.05) is 12.2 Å². The van der Waals surface area contributed by atoms with Gasteiger partial charge in [0, 0.05) is 6.54 Å². The lowest BCUT2D eigenvalue weighted by atomic mass is 10.4. The topological polar surface area (TPSA) is 52.6 Å². The predicted octanol–water partition coefficient (Wildman–Crippen LogP) is -0.417. The van der Waals surface area contributed by atoms with Crippen LogP contribution in [0.25, 0.3) is 0 Å². The van der Waals surface area contributed by atoms with Crippen molar-refractivity contribution in [3.8, 4) is 0 Å². The third kappa shape index (κ3) is 24.4. The molecule has 0 atom stereocenters. The summed E-state index contributed by atoms with van der Waals surface area (Å²) in [5.74, 6) is -1.00. The first-order chi connectivity index (χ1) is 8.04. The van der Waals surface area contributed by atoms with Gasteiger partial charge in [-0.2, -0.15) is 0 Å². The molecule has 5 nitrogen and oxygen atoms in total. The highest BCUT2D eigenvalue weighted by molar-refractivity contribution is 5.65. The fraction of sp³-hybridized carbons (Fsp3) is 0.769. The summed E-state index contributed by atoms with van der Waals surface area (Å²) >= 11 is 0. The number of quaternary nitrogens is 1. The van der Waals surface area contributed by atoms with Crippen molar-refractivity contribution in [3.05, 3.63) is 12.2 Å². The van der Waals surface area contributed by atoms with E-state index in [9.17, 15) is 9.90 Å². The van der Waals surface area contributed by atoms with E-state index >= 15 is 0 Å². The molecule has 0 N–H and O–H groups in total. The molecule has 0 aliphatic heterocycles. The van der Waals surface area contributed by atoms with Crippen molar-refractivity contribution in [2.45, 2.75) is 6.92 Å². The van der Waals surface area contributed by atoms with Gasteiger partial charge in [0.2, 0.25) is 0 Å². The minimum Gasteiger partial charge on any atom is -0.544 e. The molecule has 0 spiro atoms. The minimum atomic E-state index is -1.00. The fourth-order valence-electron chi connectivity index (χ4n) is 0.881. The number of carboxylic acid groups (broad SMARTS) is 1. The van der Waals surface area contributed by atoms with Crippen LogP contribution in [-0.4, -0.2) is 76.9 Å². The Morgan fingerprint density at radius 3 is 2.06 bits per heavy atom. The zero-order valence-corrected chi connectivity index (χ0v) is 12.7. The van der Waals surface area contributed by atoms with Gasteiger partial charge in [-0.05, 0) is 21.0 Å². The molecule has 0 aromatic rings. The number of ether oxygens (including phenoxy) is 1. The molecule has 0 fully saturated rings. The van der Waals surface area contributed by atoms with Crippen LogP contribution in [0.4, 0.5) is 0 Å². The van der Waals surface area contributed by atoms with Gasteiger partial charge >= 0.3 is 0 Å². The third-order valence-corrected chi connectivity index (χ3v) is 1.63. The second-order valence-corrected chi connectivity index (χ2v) is 5.63. The Labute approximate surface area is 111 Å².